The molecule has 0 spiro atoms. The quantitative estimate of drug-likeness (QED) is 0.358. The van der Waals surface area contributed by atoms with Gasteiger partial charge in [0.05, 0.1) is 12.8 Å². The van der Waals surface area contributed by atoms with Crippen molar-refractivity contribution in [2.24, 2.45) is 0 Å². The van der Waals surface area contributed by atoms with Crippen molar-refractivity contribution in [1.29, 1.82) is 0 Å². The third-order valence-electron chi connectivity index (χ3n) is 2.10. The van der Waals surface area contributed by atoms with Crippen molar-refractivity contribution >= 4 is 13.7 Å². The van der Waals surface area contributed by atoms with Crippen molar-refractivity contribution in [3.63, 3.8) is 0 Å². The number of aldehydes is 1. The lowest BCUT2D eigenvalue weighted by Gasteiger charge is -2.35. The van der Waals surface area contributed by atoms with Gasteiger partial charge in [0.25, 0.3) is 7.37 Å². The number of hydrogen-bond acceptors (Lipinski definition) is 5. The largest absolute Gasteiger partial charge is 0.342 e. The molecule has 1 unspecified atom stereocenters. The predicted molar refractivity (Wildman–Crippen MR) is 61.8 cm³/mol. The average Bonchev–Trinajstić information content (AvgIpc) is 2.19. The van der Waals surface area contributed by atoms with E-state index in [0.29, 0.717) is 19.5 Å². The maximum Gasteiger partial charge on any atom is 0.267 e. The van der Waals surface area contributed by atoms with Crippen molar-refractivity contribution in [2.45, 2.75) is 33.2 Å². The molecule has 0 saturated carbocycles. The first-order valence-corrected chi connectivity index (χ1v) is 7.25. The van der Waals surface area contributed by atoms with Crippen LogP contribution in [0, 0.1) is 0 Å². The second-order valence-corrected chi connectivity index (χ2v) is 5.99. The summed E-state index contributed by atoms with van der Waals surface area (Å²) in [6, 6.07) is 0. The molecule has 16 heavy (non-hydrogen) atoms. The summed E-state index contributed by atoms with van der Waals surface area (Å²) in [7, 11) is -3.29. The highest BCUT2D eigenvalue weighted by Crippen LogP contribution is 2.59. The van der Waals surface area contributed by atoms with Crippen LogP contribution in [0.25, 0.3) is 0 Å². The third-order valence-corrected chi connectivity index (χ3v) is 4.90. The van der Waals surface area contributed by atoms with Crippen LogP contribution in [0.2, 0.25) is 0 Å². The van der Waals surface area contributed by atoms with E-state index in [1.165, 1.54) is 0 Å². The highest BCUT2D eigenvalue weighted by molar-refractivity contribution is 7.61. The minimum atomic E-state index is -3.29. The fourth-order valence-electron chi connectivity index (χ4n) is 1.42. The Labute approximate surface area is 96.9 Å². The Hall–Kier alpha value is -0.220. The van der Waals surface area contributed by atoms with Crippen LogP contribution < -0.4 is 0 Å². The standard InChI is InChI=1S/C10H21O5P/c1-5-13-10(4,14-6-2)16(12,9-8-11)15-7-3/h8H,5-7,9H2,1-4H3. The topological polar surface area (TPSA) is 61.8 Å². The van der Waals surface area contributed by atoms with Crippen LogP contribution in [0.3, 0.4) is 0 Å². The molecule has 0 rings (SSSR count). The lowest BCUT2D eigenvalue weighted by atomic mass is 10.7. The van der Waals surface area contributed by atoms with E-state index in [4.69, 9.17) is 14.0 Å². The van der Waals surface area contributed by atoms with Crippen molar-refractivity contribution in [3.05, 3.63) is 0 Å². The van der Waals surface area contributed by atoms with Crippen molar-refractivity contribution in [3.8, 4) is 0 Å². The van der Waals surface area contributed by atoms with E-state index < -0.39 is 12.9 Å². The first-order valence-electron chi connectivity index (χ1n) is 5.44. The summed E-state index contributed by atoms with van der Waals surface area (Å²) >= 11 is 0. The number of ether oxygens (including phenoxy) is 2. The molecule has 0 amide bonds. The van der Waals surface area contributed by atoms with E-state index in [1.807, 2.05) is 0 Å². The lowest BCUT2D eigenvalue weighted by molar-refractivity contribution is -0.168. The Morgan fingerprint density at radius 3 is 1.94 bits per heavy atom. The predicted octanol–water partition coefficient (Wildman–Crippen LogP) is 2.25. The number of carbonyl (C=O) groups excluding carboxylic acids is 1. The van der Waals surface area contributed by atoms with Crippen LogP contribution in [0.15, 0.2) is 0 Å². The summed E-state index contributed by atoms with van der Waals surface area (Å²) in [5.74, 6) is 0. The van der Waals surface area contributed by atoms with Gasteiger partial charge in [-0.05, 0) is 27.7 Å². The molecule has 0 aromatic carbocycles. The van der Waals surface area contributed by atoms with Crippen molar-refractivity contribution in [2.75, 3.05) is 26.0 Å². The van der Waals surface area contributed by atoms with Gasteiger partial charge in [0, 0.05) is 13.2 Å². The Bertz CT molecular complexity index is 248. The van der Waals surface area contributed by atoms with E-state index in [0.717, 1.165) is 0 Å². The molecule has 6 heteroatoms. The fourth-order valence-corrected chi connectivity index (χ4v) is 3.35. The van der Waals surface area contributed by atoms with Gasteiger partial charge in [-0.25, -0.2) is 0 Å². The van der Waals surface area contributed by atoms with Crippen LogP contribution in [-0.2, 0) is 23.4 Å². The molecule has 0 fully saturated rings. The Kier molecular flexibility index (Phi) is 7.07. The fraction of sp³-hybridized carbons (Fsp3) is 0.900. The van der Waals surface area contributed by atoms with Gasteiger partial charge in [0.1, 0.15) is 6.29 Å². The molecule has 96 valence electrons. The molecule has 5 nitrogen and oxygen atoms in total. The minimum Gasteiger partial charge on any atom is -0.342 e. The molecular formula is C10H21O5P. The van der Waals surface area contributed by atoms with Gasteiger partial charge < -0.3 is 18.8 Å². The van der Waals surface area contributed by atoms with Gasteiger partial charge in [-0.1, -0.05) is 0 Å². The summed E-state index contributed by atoms with van der Waals surface area (Å²) in [6.45, 7) is 7.75. The summed E-state index contributed by atoms with van der Waals surface area (Å²) in [4.78, 5) is 10.6. The summed E-state index contributed by atoms with van der Waals surface area (Å²) < 4.78 is 28.5. The molecular weight excluding hydrogens is 231 g/mol. The van der Waals surface area contributed by atoms with E-state index in [-0.39, 0.29) is 12.8 Å². The highest BCUT2D eigenvalue weighted by Gasteiger charge is 2.47. The second kappa shape index (κ2) is 7.17. The monoisotopic (exact) mass is 252 g/mol. The molecule has 0 aliphatic rings. The third kappa shape index (κ3) is 3.67. The molecule has 0 heterocycles. The zero-order chi connectivity index (χ0) is 12.7. The van der Waals surface area contributed by atoms with Gasteiger partial charge in [0.2, 0.25) is 5.53 Å². The molecule has 0 aliphatic carbocycles. The summed E-state index contributed by atoms with van der Waals surface area (Å²) in [5, 5.41) is 0. The van der Waals surface area contributed by atoms with Gasteiger partial charge in [-0.3, -0.25) is 4.57 Å². The summed E-state index contributed by atoms with van der Waals surface area (Å²) in [5.41, 5.74) is -1.34. The van der Waals surface area contributed by atoms with Gasteiger partial charge in [-0.15, -0.1) is 0 Å². The summed E-state index contributed by atoms with van der Waals surface area (Å²) in [6.07, 6.45) is 0.379. The first kappa shape index (κ1) is 15.8. The first-order chi connectivity index (χ1) is 7.49. The molecule has 1 atom stereocenters. The van der Waals surface area contributed by atoms with Crippen molar-refractivity contribution < 1.29 is 23.4 Å². The molecule has 0 radical (unpaired) electrons. The number of hydrogen-bond donors (Lipinski definition) is 0. The van der Waals surface area contributed by atoms with Gasteiger partial charge in [0.15, 0.2) is 0 Å². The van der Waals surface area contributed by atoms with Crippen LogP contribution >= 0.6 is 7.37 Å². The molecule has 0 bridgehead atoms. The smallest absolute Gasteiger partial charge is 0.267 e. The van der Waals surface area contributed by atoms with Crippen LogP contribution in [0.1, 0.15) is 27.7 Å². The van der Waals surface area contributed by atoms with E-state index >= 15 is 0 Å². The number of rotatable bonds is 9. The second-order valence-electron chi connectivity index (χ2n) is 3.20. The Morgan fingerprint density at radius 2 is 1.62 bits per heavy atom. The molecule has 0 aromatic rings. The van der Waals surface area contributed by atoms with E-state index in [9.17, 15) is 9.36 Å². The van der Waals surface area contributed by atoms with Crippen LogP contribution in [0.5, 0.6) is 0 Å². The normalized spacial score (nSPS) is 15.8. The molecule has 0 aliphatic heterocycles. The maximum atomic E-state index is 12.5. The zero-order valence-electron chi connectivity index (χ0n) is 10.4. The minimum absolute atomic E-state index is 0.197. The van der Waals surface area contributed by atoms with E-state index in [1.54, 1.807) is 27.7 Å². The average molecular weight is 252 g/mol. The SMILES string of the molecule is CCOC(C)(OCC)P(=O)(CC=O)OCC. The molecule has 0 N–H and O–H groups in total. The van der Waals surface area contributed by atoms with Gasteiger partial charge >= 0.3 is 0 Å². The lowest BCUT2D eigenvalue weighted by Crippen LogP contribution is -2.34. The van der Waals surface area contributed by atoms with E-state index in [2.05, 4.69) is 0 Å². The van der Waals surface area contributed by atoms with Crippen molar-refractivity contribution in [1.82, 2.24) is 0 Å². The van der Waals surface area contributed by atoms with Crippen LogP contribution in [0.4, 0.5) is 0 Å². The van der Waals surface area contributed by atoms with Crippen LogP contribution in [-0.4, -0.2) is 37.8 Å². The Balaban J connectivity index is 5.06. The zero-order valence-corrected chi connectivity index (χ0v) is 11.3. The highest BCUT2D eigenvalue weighted by atomic mass is 31.2. The van der Waals surface area contributed by atoms with Gasteiger partial charge in [-0.2, -0.15) is 0 Å². The molecule has 0 aromatic heterocycles. The number of carbonyl (C=O) groups is 1. The maximum absolute atomic E-state index is 12.5. The molecule has 0 saturated heterocycles. The Morgan fingerprint density at radius 1 is 1.12 bits per heavy atom.